The number of aliphatic hydroxyl groups excluding tert-OH is 7. The van der Waals surface area contributed by atoms with Crippen LogP contribution in [0.4, 0.5) is 0 Å². The quantitative estimate of drug-likeness (QED) is 0.0215. The van der Waals surface area contributed by atoms with E-state index in [4.69, 9.17) is 9.47 Å². The molecule has 0 saturated carbocycles. The van der Waals surface area contributed by atoms with Crippen LogP contribution >= 0.6 is 0 Å². The van der Waals surface area contributed by atoms with Crippen LogP contribution < -0.4 is 5.32 Å². The molecule has 0 aromatic heterocycles. The number of amides is 1. The van der Waals surface area contributed by atoms with Gasteiger partial charge in [0.25, 0.3) is 0 Å². The Morgan fingerprint density at radius 2 is 0.784 bits per heavy atom. The monoisotopic (exact) mass is 1050 g/mol. The summed E-state index contributed by atoms with van der Waals surface area (Å²) in [5.41, 5.74) is 0. The molecule has 1 amide bonds. The number of aliphatic hydroxyl groups is 7. The second-order valence-electron chi connectivity index (χ2n) is 22.8. The van der Waals surface area contributed by atoms with Crippen LogP contribution in [0.15, 0.2) is 12.2 Å². The summed E-state index contributed by atoms with van der Waals surface area (Å²) in [5, 5.41) is 76.4. The van der Waals surface area contributed by atoms with Crippen LogP contribution in [0.5, 0.6) is 0 Å². The zero-order valence-electron chi connectivity index (χ0n) is 48.4. The van der Waals surface area contributed by atoms with Crippen LogP contribution in [-0.4, -0.2) is 110 Å². The number of carbonyl (C=O) groups excluding carboxylic acids is 1. The van der Waals surface area contributed by atoms with Gasteiger partial charge in [-0.1, -0.05) is 289 Å². The Labute approximate surface area is 455 Å². The molecule has 9 unspecified atom stereocenters. The minimum Gasteiger partial charge on any atom is -0.394 e. The lowest BCUT2D eigenvalue weighted by Gasteiger charge is -2.40. The molecule has 1 aliphatic heterocycles. The average Bonchev–Trinajstić information content (AvgIpc) is 3.40. The second kappa shape index (κ2) is 52.5. The maximum atomic E-state index is 13.2. The van der Waals surface area contributed by atoms with Gasteiger partial charge >= 0.3 is 0 Å². The van der Waals surface area contributed by atoms with Crippen molar-refractivity contribution in [1.29, 1.82) is 0 Å². The molecule has 74 heavy (non-hydrogen) atoms. The highest BCUT2D eigenvalue weighted by Gasteiger charge is 2.44. The molecule has 0 aromatic rings. The van der Waals surface area contributed by atoms with Gasteiger partial charge in [-0.3, -0.25) is 4.79 Å². The van der Waals surface area contributed by atoms with E-state index in [1.165, 1.54) is 231 Å². The van der Waals surface area contributed by atoms with Gasteiger partial charge < -0.3 is 50.5 Å². The van der Waals surface area contributed by atoms with Crippen molar-refractivity contribution < 1.29 is 50.0 Å². The fraction of sp³-hybridized carbons (Fsp3) is 0.952. The van der Waals surface area contributed by atoms with E-state index in [9.17, 15) is 40.5 Å². The van der Waals surface area contributed by atoms with Crippen LogP contribution in [0.1, 0.15) is 316 Å². The molecule has 9 atom stereocenters. The van der Waals surface area contributed by atoms with Crippen molar-refractivity contribution >= 4 is 5.91 Å². The van der Waals surface area contributed by atoms with Crippen LogP contribution in [0.3, 0.4) is 0 Å². The van der Waals surface area contributed by atoms with Crippen molar-refractivity contribution in [3.63, 3.8) is 0 Å². The summed E-state index contributed by atoms with van der Waals surface area (Å²) in [7, 11) is 0. The van der Waals surface area contributed by atoms with Crippen LogP contribution in [-0.2, 0) is 14.3 Å². The molecule has 1 aliphatic rings. The van der Waals surface area contributed by atoms with Gasteiger partial charge in [0.15, 0.2) is 6.29 Å². The van der Waals surface area contributed by atoms with Crippen molar-refractivity contribution in [2.24, 2.45) is 0 Å². The lowest BCUT2D eigenvalue weighted by atomic mass is 9.98. The second-order valence-corrected chi connectivity index (χ2v) is 22.8. The standard InChI is InChI=1S/C63H123NO10/c1-3-5-7-9-11-13-15-17-19-21-23-25-27-29-30-32-34-36-38-40-42-44-46-48-50-55(66)58(68)54(53-73-63-61(71)60(70)59(69)57(52-65)74-63)64-62(72)56(67)51-49-47-45-43-41-39-37-35-33-31-28-26-24-22-20-18-16-14-12-10-8-6-4-2/h31,33,54-61,63,65-71H,3-30,32,34-53H2,1-2H3,(H,64,72)/b33-31-. The number of hydrogen-bond donors (Lipinski definition) is 8. The molecule has 1 heterocycles. The predicted molar refractivity (Wildman–Crippen MR) is 307 cm³/mol. The number of nitrogens with one attached hydrogen (secondary N) is 1. The maximum absolute atomic E-state index is 13.2. The molecule has 440 valence electrons. The Morgan fingerprint density at radius 3 is 1.14 bits per heavy atom. The summed E-state index contributed by atoms with van der Waals surface area (Å²) in [6.45, 7) is 3.51. The van der Waals surface area contributed by atoms with Crippen molar-refractivity contribution in [3.8, 4) is 0 Å². The van der Waals surface area contributed by atoms with E-state index in [0.29, 0.717) is 19.3 Å². The number of hydrogen-bond acceptors (Lipinski definition) is 10. The first-order chi connectivity index (χ1) is 36.2. The molecule has 8 N–H and O–H groups in total. The molecule has 0 spiro atoms. The van der Waals surface area contributed by atoms with E-state index < -0.39 is 74.2 Å². The van der Waals surface area contributed by atoms with Gasteiger partial charge in [0.2, 0.25) is 5.91 Å². The fourth-order valence-electron chi connectivity index (χ4n) is 10.6. The van der Waals surface area contributed by atoms with Gasteiger partial charge in [-0.15, -0.1) is 0 Å². The van der Waals surface area contributed by atoms with Gasteiger partial charge in [-0.25, -0.2) is 0 Å². The summed E-state index contributed by atoms with van der Waals surface area (Å²) >= 11 is 0. The van der Waals surface area contributed by atoms with E-state index in [1.54, 1.807) is 0 Å². The van der Waals surface area contributed by atoms with E-state index >= 15 is 0 Å². The van der Waals surface area contributed by atoms with Gasteiger partial charge in [-0.05, 0) is 38.5 Å². The Kier molecular flexibility index (Phi) is 50.3. The molecule has 11 nitrogen and oxygen atoms in total. The summed E-state index contributed by atoms with van der Waals surface area (Å²) in [6, 6.07) is -1.17. The maximum Gasteiger partial charge on any atom is 0.249 e. The lowest BCUT2D eigenvalue weighted by Crippen LogP contribution is -2.60. The van der Waals surface area contributed by atoms with Crippen molar-refractivity contribution in [2.75, 3.05) is 13.2 Å². The first-order valence-electron chi connectivity index (χ1n) is 32.1. The molecule has 1 saturated heterocycles. The number of unbranched alkanes of at least 4 members (excludes halogenated alkanes) is 42. The van der Waals surface area contributed by atoms with Crippen LogP contribution in [0, 0.1) is 0 Å². The Bertz CT molecular complexity index is 1210. The minimum absolute atomic E-state index is 0.258. The molecule has 0 aromatic carbocycles. The highest BCUT2D eigenvalue weighted by Crippen LogP contribution is 2.24. The summed E-state index contributed by atoms with van der Waals surface area (Å²) in [6.07, 6.45) is 51.3. The number of ether oxygens (including phenoxy) is 2. The van der Waals surface area contributed by atoms with Crippen molar-refractivity contribution in [3.05, 3.63) is 12.2 Å². The minimum atomic E-state index is -1.66. The van der Waals surface area contributed by atoms with Crippen molar-refractivity contribution in [2.45, 2.75) is 371 Å². The third-order valence-corrected chi connectivity index (χ3v) is 15.8. The summed E-state index contributed by atoms with van der Waals surface area (Å²) < 4.78 is 11.2. The molecule has 1 rings (SSSR count). The van der Waals surface area contributed by atoms with Crippen molar-refractivity contribution in [1.82, 2.24) is 5.32 Å². The molecule has 0 bridgehead atoms. The van der Waals surface area contributed by atoms with E-state index in [1.807, 2.05) is 0 Å². The van der Waals surface area contributed by atoms with Gasteiger partial charge in [0.05, 0.1) is 25.4 Å². The van der Waals surface area contributed by atoms with E-state index in [0.717, 1.165) is 44.9 Å². The largest absolute Gasteiger partial charge is 0.394 e. The molecular formula is C63H123NO10. The van der Waals surface area contributed by atoms with Crippen LogP contribution in [0.25, 0.3) is 0 Å². The number of carbonyl (C=O) groups is 1. The predicted octanol–water partition coefficient (Wildman–Crippen LogP) is 14.3. The molecule has 0 radical (unpaired) electrons. The first-order valence-corrected chi connectivity index (χ1v) is 32.1. The smallest absolute Gasteiger partial charge is 0.249 e. The number of rotatable bonds is 56. The van der Waals surface area contributed by atoms with Gasteiger partial charge in [0.1, 0.15) is 36.6 Å². The zero-order valence-corrected chi connectivity index (χ0v) is 48.4. The lowest BCUT2D eigenvalue weighted by molar-refractivity contribution is -0.303. The first kappa shape index (κ1) is 70.9. The SMILES string of the molecule is CCCCCCCCCCCCCC/C=C\CCCCCCCCCC(O)C(=O)NC(COC1OC(CO)C(O)C(O)C1O)C(O)C(O)CCCCCCCCCCCCCCCCCCCCCCCCCC. The molecular weight excluding hydrogens is 931 g/mol. The normalized spacial score (nSPS) is 19.8. The topological polar surface area (TPSA) is 189 Å². The van der Waals surface area contributed by atoms with E-state index in [2.05, 4.69) is 31.3 Å². The van der Waals surface area contributed by atoms with E-state index in [-0.39, 0.29) is 6.42 Å². The highest BCUT2D eigenvalue weighted by molar-refractivity contribution is 5.80. The molecule has 0 aliphatic carbocycles. The Morgan fingerprint density at radius 1 is 0.459 bits per heavy atom. The third kappa shape index (κ3) is 40.1. The Balaban J connectivity index is 2.26. The summed E-state index contributed by atoms with van der Waals surface area (Å²) in [4.78, 5) is 13.2. The number of allylic oxidation sites excluding steroid dienone is 2. The average molecular weight is 1050 g/mol. The third-order valence-electron chi connectivity index (χ3n) is 15.8. The molecule has 1 fully saturated rings. The summed E-state index contributed by atoms with van der Waals surface area (Å²) in [5.74, 6) is -0.694. The zero-order chi connectivity index (χ0) is 54.0. The molecule has 11 heteroatoms. The highest BCUT2D eigenvalue weighted by atomic mass is 16.7. The fourth-order valence-corrected chi connectivity index (χ4v) is 10.6. The van der Waals surface area contributed by atoms with Crippen LogP contribution in [0.2, 0.25) is 0 Å². The van der Waals surface area contributed by atoms with Gasteiger partial charge in [0, 0.05) is 0 Å². The Hall–Kier alpha value is -1.15. The van der Waals surface area contributed by atoms with Gasteiger partial charge in [-0.2, -0.15) is 0 Å².